The summed E-state index contributed by atoms with van der Waals surface area (Å²) in [6.45, 7) is 3.88. The van der Waals surface area contributed by atoms with Crippen molar-refractivity contribution in [1.82, 2.24) is 4.98 Å². The molecule has 0 bridgehead atoms. The summed E-state index contributed by atoms with van der Waals surface area (Å²) in [4.78, 5) is 3.69. The van der Waals surface area contributed by atoms with Crippen molar-refractivity contribution in [3.05, 3.63) is 17.7 Å². The van der Waals surface area contributed by atoms with Crippen molar-refractivity contribution in [1.29, 1.82) is 0 Å². The quantitative estimate of drug-likeness (QED) is 0.878. The third-order valence-corrected chi connectivity index (χ3v) is 2.32. The van der Waals surface area contributed by atoms with Gasteiger partial charge >= 0.3 is 6.18 Å². The molecule has 0 spiro atoms. The number of halogens is 3. The molecule has 102 valence electrons. The maximum absolute atomic E-state index is 12.3. The van der Waals surface area contributed by atoms with Crippen LogP contribution in [0.5, 0.6) is 5.88 Å². The molecule has 0 fully saturated rings. The van der Waals surface area contributed by atoms with E-state index in [0.29, 0.717) is 5.56 Å². The van der Waals surface area contributed by atoms with Crippen molar-refractivity contribution < 1.29 is 23.0 Å². The van der Waals surface area contributed by atoms with Gasteiger partial charge in [-0.15, -0.1) is 0 Å². The molecule has 0 radical (unpaired) electrons. The Hall–Kier alpha value is -1.50. The predicted octanol–water partition coefficient (Wildman–Crippen LogP) is 2.22. The van der Waals surface area contributed by atoms with Crippen LogP contribution >= 0.6 is 0 Å². The fraction of sp³-hybridized carbons (Fsp3) is 0.545. The largest absolute Gasteiger partial charge is 0.465 e. The Bertz CT molecular complexity index is 427. The van der Waals surface area contributed by atoms with Gasteiger partial charge in [-0.1, -0.05) is 0 Å². The highest BCUT2D eigenvalue weighted by Crippen LogP contribution is 2.28. The summed E-state index contributed by atoms with van der Waals surface area (Å²) in [5.41, 5.74) is 4.67. The van der Waals surface area contributed by atoms with Gasteiger partial charge in [0.15, 0.2) is 6.10 Å². The number of aliphatic hydroxyl groups is 1. The van der Waals surface area contributed by atoms with Gasteiger partial charge in [-0.25, -0.2) is 0 Å². The number of ether oxygens (including phenoxy) is 1. The minimum absolute atomic E-state index is 0.0608. The average molecular weight is 264 g/mol. The van der Waals surface area contributed by atoms with Gasteiger partial charge in [-0.05, 0) is 26.8 Å². The van der Waals surface area contributed by atoms with E-state index in [2.05, 4.69) is 9.72 Å². The molecule has 18 heavy (non-hydrogen) atoms. The van der Waals surface area contributed by atoms with E-state index in [4.69, 9.17) is 5.73 Å². The molecule has 0 amide bonds. The van der Waals surface area contributed by atoms with Crippen LogP contribution in [0.4, 0.5) is 19.0 Å². The molecule has 0 saturated carbocycles. The van der Waals surface area contributed by atoms with Crippen LogP contribution in [0.3, 0.4) is 0 Å². The Labute approximate surface area is 103 Å². The maximum atomic E-state index is 12.3. The molecular formula is C11H15F3N2O2. The van der Waals surface area contributed by atoms with Crippen LogP contribution in [-0.2, 0) is 5.60 Å². The van der Waals surface area contributed by atoms with Gasteiger partial charge in [0.05, 0.1) is 5.60 Å². The molecule has 0 aliphatic carbocycles. The Morgan fingerprint density at radius 2 is 1.89 bits per heavy atom. The molecule has 0 unspecified atom stereocenters. The van der Waals surface area contributed by atoms with Crippen LogP contribution in [-0.4, -0.2) is 22.4 Å². The highest BCUT2D eigenvalue weighted by molar-refractivity contribution is 5.44. The lowest BCUT2D eigenvalue weighted by atomic mass is 9.99. The topological polar surface area (TPSA) is 68.4 Å². The number of nitrogen functional groups attached to an aromatic ring is 1. The molecule has 1 rings (SSSR count). The number of nitrogens with zero attached hydrogens (tertiary/aromatic N) is 1. The summed E-state index contributed by atoms with van der Waals surface area (Å²) < 4.78 is 41.5. The Kier molecular flexibility index (Phi) is 3.75. The van der Waals surface area contributed by atoms with E-state index in [-0.39, 0.29) is 11.7 Å². The average Bonchev–Trinajstić information content (AvgIpc) is 2.13. The summed E-state index contributed by atoms with van der Waals surface area (Å²) >= 11 is 0. The molecule has 1 atom stereocenters. The van der Waals surface area contributed by atoms with Crippen LogP contribution in [0.15, 0.2) is 12.1 Å². The smallest absolute Gasteiger partial charge is 0.425 e. The highest BCUT2D eigenvalue weighted by Gasteiger charge is 2.38. The number of anilines is 1. The van der Waals surface area contributed by atoms with E-state index in [9.17, 15) is 18.3 Å². The summed E-state index contributed by atoms with van der Waals surface area (Å²) in [6.07, 6.45) is -6.44. The van der Waals surface area contributed by atoms with Gasteiger partial charge in [-0.2, -0.15) is 18.2 Å². The molecule has 1 aromatic heterocycles. The molecule has 0 aliphatic rings. The van der Waals surface area contributed by atoms with Crippen molar-refractivity contribution in [2.75, 3.05) is 5.73 Å². The first-order chi connectivity index (χ1) is 8.01. The minimum atomic E-state index is -4.47. The molecule has 0 aromatic carbocycles. The summed E-state index contributed by atoms with van der Waals surface area (Å²) in [5, 5.41) is 9.73. The first-order valence-electron chi connectivity index (χ1n) is 5.24. The molecule has 0 saturated heterocycles. The number of rotatable bonds is 3. The molecule has 3 N–H and O–H groups in total. The van der Waals surface area contributed by atoms with Crippen LogP contribution in [0.2, 0.25) is 0 Å². The lowest BCUT2D eigenvalue weighted by molar-refractivity contribution is -0.189. The second-order valence-corrected chi connectivity index (χ2v) is 4.44. The van der Waals surface area contributed by atoms with Crippen molar-refractivity contribution >= 4 is 5.82 Å². The predicted molar refractivity (Wildman–Crippen MR) is 60.0 cm³/mol. The zero-order valence-corrected chi connectivity index (χ0v) is 10.2. The van der Waals surface area contributed by atoms with Crippen LogP contribution in [0.25, 0.3) is 0 Å². The molecular weight excluding hydrogens is 249 g/mol. The van der Waals surface area contributed by atoms with Gasteiger partial charge < -0.3 is 15.6 Å². The zero-order chi connectivity index (χ0) is 14.1. The Morgan fingerprint density at radius 1 is 1.33 bits per heavy atom. The van der Waals surface area contributed by atoms with Gasteiger partial charge in [0.1, 0.15) is 5.82 Å². The molecule has 7 heteroatoms. The maximum Gasteiger partial charge on any atom is 0.425 e. The molecule has 1 heterocycles. The summed E-state index contributed by atoms with van der Waals surface area (Å²) in [7, 11) is 0. The number of aromatic nitrogens is 1. The third kappa shape index (κ3) is 3.49. The van der Waals surface area contributed by atoms with Gasteiger partial charge in [0.2, 0.25) is 5.88 Å². The molecule has 4 nitrogen and oxygen atoms in total. The number of hydrogen-bond donors (Lipinski definition) is 2. The Balaban J connectivity index is 2.93. The molecule has 0 aliphatic heterocycles. The first-order valence-corrected chi connectivity index (χ1v) is 5.24. The standard InChI is InChI=1S/C11H15F3N2O2/c1-6(11(12,13)14)18-8-5-4-7(9(15)16-8)10(2,3)17/h4-6,17H,1-3H3,(H2,15,16)/t6-/m0/s1. The second kappa shape index (κ2) is 4.64. The van der Waals surface area contributed by atoms with E-state index in [1.807, 2.05) is 0 Å². The Morgan fingerprint density at radius 3 is 2.28 bits per heavy atom. The van der Waals surface area contributed by atoms with E-state index in [1.54, 1.807) is 0 Å². The van der Waals surface area contributed by atoms with Crippen molar-refractivity contribution in [3.63, 3.8) is 0 Å². The van der Waals surface area contributed by atoms with Gasteiger partial charge in [0.25, 0.3) is 0 Å². The van der Waals surface area contributed by atoms with Crippen LogP contribution in [0.1, 0.15) is 26.3 Å². The fourth-order valence-electron chi connectivity index (χ4n) is 1.29. The number of pyridine rings is 1. The van der Waals surface area contributed by atoms with Crippen molar-refractivity contribution in [2.24, 2.45) is 0 Å². The van der Waals surface area contributed by atoms with E-state index >= 15 is 0 Å². The minimum Gasteiger partial charge on any atom is -0.465 e. The zero-order valence-electron chi connectivity index (χ0n) is 10.2. The molecule has 1 aromatic rings. The van der Waals surface area contributed by atoms with Crippen LogP contribution < -0.4 is 10.5 Å². The van der Waals surface area contributed by atoms with Crippen LogP contribution in [0, 0.1) is 0 Å². The number of nitrogens with two attached hydrogens (primary N) is 1. The number of hydrogen-bond acceptors (Lipinski definition) is 4. The van der Waals surface area contributed by atoms with Gasteiger partial charge in [0, 0.05) is 11.6 Å². The monoisotopic (exact) mass is 264 g/mol. The van der Waals surface area contributed by atoms with Crippen molar-refractivity contribution in [2.45, 2.75) is 38.7 Å². The summed E-state index contributed by atoms with van der Waals surface area (Å²) in [5.74, 6) is -0.292. The SMILES string of the molecule is C[C@H](Oc1ccc(C(C)(C)O)c(N)n1)C(F)(F)F. The highest BCUT2D eigenvalue weighted by atomic mass is 19.4. The van der Waals surface area contributed by atoms with Gasteiger partial charge in [-0.3, -0.25) is 0 Å². The normalized spacial score (nSPS) is 14.4. The van der Waals surface area contributed by atoms with E-state index in [0.717, 1.165) is 6.92 Å². The fourth-order valence-corrected chi connectivity index (χ4v) is 1.29. The van der Waals surface area contributed by atoms with E-state index < -0.39 is 17.9 Å². The van der Waals surface area contributed by atoms with E-state index in [1.165, 1.54) is 26.0 Å². The number of alkyl halides is 3. The lowest BCUT2D eigenvalue weighted by Gasteiger charge is -2.21. The second-order valence-electron chi connectivity index (χ2n) is 4.44. The third-order valence-electron chi connectivity index (χ3n) is 2.32. The lowest BCUT2D eigenvalue weighted by Crippen LogP contribution is -2.31. The first kappa shape index (κ1) is 14.6. The summed E-state index contributed by atoms with van der Waals surface area (Å²) in [6, 6.07) is 2.63. The van der Waals surface area contributed by atoms with Crippen molar-refractivity contribution in [3.8, 4) is 5.88 Å².